The summed E-state index contributed by atoms with van der Waals surface area (Å²) in [7, 11) is 5.54. The summed E-state index contributed by atoms with van der Waals surface area (Å²) in [5.41, 5.74) is 1.00. The van der Waals surface area contributed by atoms with Crippen LogP contribution in [0.3, 0.4) is 0 Å². The number of halogens is 2. The van der Waals surface area contributed by atoms with Gasteiger partial charge < -0.3 is 9.64 Å². The summed E-state index contributed by atoms with van der Waals surface area (Å²) in [4.78, 5) is 1.97. The highest BCUT2D eigenvalue weighted by atomic mass is 35.9. The van der Waals surface area contributed by atoms with Gasteiger partial charge in [0.25, 0.3) is 0 Å². The Balaban J connectivity index is 3.17. The summed E-state index contributed by atoms with van der Waals surface area (Å²) in [6.45, 7) is -1.12. The Morgan fingerprint density at radius 2 is 1.93 bits per heavy atom. The Bertz CT molecular complexity index is 318. The standard InChI is InChI=1S/C9H12Cl2NOP/c1-12(2)8-6-7(13-3)4-5-9(8)14(10)11/h4-6H,1-3H3. The van der Waals surface area contributed by atoms with Crippen LogP contribution in [0.4, 0.5) is 5.69 Å². The molecule has 2 nitrogen and oxygen atoms in total. The quantitative estimate of drug-likeness (QED) is 0.766. The molecule has 0 amide bonds. The second-order valence-corrected chi connectivity index (χ2v) is 6.48. The van der Waals surface area contributed by atoms with Crippen molar-refractivity contribution in [2.45, 2.75) is 0 Å². The van der Waals surface area contributed by atoms with E-state index in [0.29, 0.717) is 0 Å². The molecule has 14 heavy (non-hydrogen) atoms. The maximum absolute atomic E-state index is 5.91. The van der Waals surface area contributed by atoms with Crippen LogP contribution in [-0.4, -0.2) is 21.2 Å². The fraction of sp³-hybridized carbons (Fsp3) is 0.333. The number of ether oxygens (including phenoxy) is 1. The summed E-state index contributed by atoms with van der Waals surface area (Å²) in [5, 5.41) is 0.953. The summed E-state index contributed by atoms with van der Waals surface area (Å²) < 4.78 is 5.13. The molecular weight excluding hydrogens is 240 g/mol. The molecule has 0 heterocycles. The van der Waals surface area contributed by atoms with Gasteiger partial charge in [0.15, 0.2) is 0 Å². The van der Waals surface area contributed by atoms with Gasteiger partial charge in [-0.2, -0.15) is 0 Å². The molecule has 78 valence electrons. The lowest BCUT2D eigenvalue weighted by Crippen LogP contribution is -2.16. The molecule has 0 aromatic heterocycles. The molecule has 0 spiro atoms. The second kappa shape index (κ2) is 5.06. The lowest BCUT2D eigenvalue weighted by atomic mass is 10.3. The van der Waals surface area contributed by atoms with Gasteiger partial charge in [-0.05, 0) is 12.1 Å². The van der Waals surface area contributed by atoms with Gasteiger partial charge in [-0.3, -0.25) is 0 Å². The number of benzene rings is 1. The van der Waals surface area contributed by atoms with Crippen molar-refractivity contribution in [3.8, 4) is 5.75 Å². The fourth-order valence-electron chi connectivity index (χ4n) is 1.13. The van der Waals surface area contributed by atoms with Crippen molar-refractivity contribution in [1.29, 1.82) is 0 Å². The SMILES string of the molecule is COc1ccc(P(Cl)Cl)c(N(C)C)c1. The molecule has 0 bridgehead atoms. The lowest BCUT2D eigenvalue weighted by Gasteiger charge is -2.18. The molecule has 0 radical (unpaired) electrons. The second-order valence-electron chi connectivity index (χ2n) is 2.98. The smallest absolute Gasteiger partial charge is 0.120 e. The van der Waals surface area contributed by atoms with E-state index in [-0.39, 0.29) is 0 Å². The van der Waals surface area contributed by atoms with E-state index in [1.165, 1.54) is 0 Å². The minimum absolute atomic E-state index is 0.808. The normalized spacial score (nSPS) is 10.4. The van der Waals surface area contributed by atoms with Gasteiger partial charge >= 0.3 is 0 Å². The molecule has 1 aromatic carbocycles. The number of hydrogen-bond donors (Lipinski definition) is 0. The first-order chi connectivity index (χ1) is 6.56. The Morgan fingerprint density at radius 1 is 1.29 bits per heavy atom. The third kappa shape index (κ3) is 2.66. The van der Waals surface area contributed by atoms with E-state index in [2.05, 4.69) is 0 Å². The van der Waals surface area contributed by atoms with Crippen molar-refractivity contribution >= 4 is 40.1 Å². The number of anilines is 1. The van der Waals surface area contributed by atoms with E-state index in [1.54, 1.807) is 7.11 Å². The van der Waals surface area contributed by atoms with Crippen molar-refractivity contribution in [3.05, 3.63) is 18.2 Å². The highest BCUT2D eigenvalue weighted by Gasteiger charge is 2.12. The number of methoxy groups -OCH3 is 1. The Hall–Kier alpha value is -0.170. The predicted molar refractivity (Wildman–Crippen MR) is 65.6 cm³/mol. The van der Waals surface area contributed by atoms with Crippen molar-refractivity contribution < 1.29 is 4.74 Å². The third-order valence-electron chi connectivity index (χ3n) is 1.85. The van der Waals surface area contributed by atoms with E-state index in [9.17, 15) is 0 Å². The van der Waals surface area contributed by atoms with Gasteiger partial charge in [0.2, 0.25) is 0 Å². The van der Waals surface area contributed by atoms with E-state index in [0.717, 1.165) is 16.7 Å². The number of nitrogens with zero attached hydrogens (tertiary/aromatic N) is 1. The minimum Gasteiger partial charge on any atom is -0.497 e. The molecule has 0 aliphatic heterocycles. The van der Waals surface area contributed by atoms with E-state index < -0.39 is 6.63 Å². The first-order valence-electron chi connectivity index (χ1n) is 4.03. The first-order valence-corrected chi connectivity index (χ1v) is 7.18. The Labute approximate surface area is 95.1 Å². The molecule has 1 rings (SSSR count). The van der Waals surface area contributed by atoms with E-state index in [1.807, 2.05) is 37.2 Å². The van der Waals surface area contributed by atoms with Gasteiger partial charge in [-0.1, -0.05) is 22.5 Å². The summed E-state index contributed by atoms with van der Waals surface area (Å²) in [6.07, 6.45) is 0. The van der Waals surface area contributed by atoms with Crippen molar-refractivity contribution in [2.24, 2.45) is 0 Å². The molecule has 0 fully saturated rings. The molecule has 0 atom stereocenters. The topological polar surface area (TPSA) is 12.5 Å². The van der Waals surface area contributed by atoms with Crippen LogP contribution in [-0.2, 0) is 0 Å². The third-order valence-corrected chi connectivity index (χ3v) is 3.68. The Kier molecular flexibility index (Phi) is 4.31. The van der Waals surface area contributed by atoms with E-state index in [4.69, 9.17) is 27.2 Å². The molecule has 0 N–H and O–H groups in total. The molecule has 5 heteroatoms. The molecule has 0 aliphatic rings. The van der Waals surface area contributed by atoms with Gasteiger partial charge in [0, 0.05) is 31.2 Å². The molecule has 0 saturated carbocycles. The highest BCUT2D eigenvalue weighted by molar-refractivity contribution is 8.09. The van der Waals surface area contributed by atoms with Crippen LogP contribution in [0.5, 0.6) is 5.75 Å². The van der Waals surface area contributed by atoms with Crippen molar-refractivity contribution in [3.63, 3.8) is 0 Å². The van der Waals surface area contributed by atoms with Gasteiger partial charge in [0.1, 0.15) is 12.4 Å². The molecular formula is C9H12Cl2NOP. The van der Waals surface area contributed by atoms with Crippen LogP contribution in [0.2, 0.25) is 0 Å². The summed E-state index contributed by atoms with van der Waals surface area (Å²) in [5.74, 6) is 0.808. The molecule has 0 aliphatic carbocycles. The molecule has 1 aromatic rings. The zero-order valence-electron chi connectivity index (χ0n) is 8.29. The van der Waals surface area contributed by atoms with E-state index >= 15 is 0 Å². The van der Waals surface area contributed by atoms with Crippen LogP contribution in [0, 0.1) is 0 Å². The van der Waals surface area contributed by atoms with Crippen LogP contribution in [0.1, 0.15) is 0 Å². The maximum atomic E-state index is 5.91. The highest BCUT2D eigenvalue weighted by Crippen LogP contribution is 2.48. The van der Waals surface area contributed by atoms with Crippen molar-refractivity contribution in [2.75, 3.05) is 26.1 Å². The summed E-state index contributed by atoms with van der Waals surface area (Å²) in [6, 6.07) is 5.69. The van der Waals surface area contributed by atoms with Crippen LogP contribution in [0.15, 0.2) is 18.2 Å². The average molecular weight is 252 g/mol. The average Bonchev–Trinajstić information content (AvgIpc) is 2.16. The largest absolute Gasteiger partial charge is 0.497 e. The fourth-order valence-corrected chi connectivity index (χ4v) is 2.61. The van der Waals surface area contributed by atoms with Crippen molar-refractivity contribution in [1.82, 2.24) is 0 Å². The zero-order valence-corrected chi connectivity index (χ0v) is 10.7. The lowest BCUT2D eigenvalue weighted by molar-refractivity contribution is 0.415. The van der Waals surface area contributed by atoms with Crippen LogP contribution < -0.4 is 14.9 Å². The number of hydrogen-bond acceptors (Lipinski definition) is 2. The van der Waals surface area contributed by atoms with Gasteiger partial charge in [-0.25, -0.2) is 0 Å². The monoisotopic (exact) mass is 251 g/mol. The minimum atomic E-state index is -1.12. The van der Waals surface area contributed by atoms with Gasteiger partial charge in [0.05, 0.1) is 7.11 Å². The maximum Gasteiger partial charge on any atom is 0.120 e. The van der Waals surface area contributed by atoms with Crippen LogP contribution in [0.25, 0.3) is 0 Å². The molecule has 0 saturated heterocycles. The van der Waals surface area contributed by atoms with Crippen LogP contribution >= 0.6 is 29.1 Å². The molecule has 0 unspecified atom stereocenters. The van der Waals surface area contributed by atoms with Gasteiger partial charge in [-0.15, -0.1) is 0 Å². The first kappa shape index (κ1) is 11.9. The zero-order chi connectivity index (χ0) is 10.7. The predicted octanol–water partition coefficient (Wildman–Crippen LogP) is 3.18. The number of rotatable bonds is 3. The summed E-state index contributed by atoms with van der Waals surface area (Å²) >= 11 is 11.8. The Morgan fingerprint density at radius 3 is 2.36 bits per heavy atom.